The van der Waals surface area contributed by atoms with Crippen molar-refractivity contribution in [3.63, 3.8) is 0 Å². The molecule has 2 heterocycles. The van der Waals surface area contributed by atoms with E-state index in [1.54, 1.807) is 11.0 Å². The van der Waals surface area contributed by atoms with Gasteiger partial charge in [0.25, 0.3) is 0 Å². The minimum absolute atomic E-state index is 0.659. The molecule has 0 spiro atoms. The van der Waals surface area contributed by atoms with Crippen LogP contribution in [0.15, 0.2) is 6.33 Å². The van der Waals surface area contributed by atoms with Gasteiger partial charge < -0.3 is 10.1 Å². The maximum atomic E-state index is 5.42. The van der Waals surface area contributed by atoms with Gasteiger partial charge in [0.05, 0.1) is 13.2 Å². The molecule has 15 heavy (non-hydrogen) atoms. The second-order valence-corrected chi connectivity index (χ2v) is 4.01. The first kappa shape index (κ1) is 10.6. The molecule has 0 aliphatic carbocycles. The second kappa shape index (κ2) is 5.23. The van der Waals surface area contributed by atoms with Gasteiger partial charge in [0.15, 0.2) is 0 Å². The van der Waals surface area contributed by atoms with Crippen molar-refractivity contribution < 1.29 is 4.74 Å². The van der Waals surface area contributed by atoms with E-state index in [-0.39, 0.29) is 0 Å². The fourth-order valence-electron chi connectivity index (χ4n) is 1.84. The van der Waals surface area contributed by atoms with E-state index in [1.807, 2.05) is 7.05 Å². The third-order valence-corrected chi connectivity index (χ3v) is 2.78. The second-order valence-electron chi connectivity index (χ2n) is 4.01. The van der Waals surface area contributed by atoms with Gasteiger partial charge in [-0.2, -0.15) is 5.10 Å². The third kappa shape index (κ3) is 3.00. The number of hydrogen-bond acceptors (Lipinski definition) is 4. The average Bonchev–Trinajstić information content (AvgIpc) is 2.66. The molecule has 0 bridgehead atoms. The van der Waals surface area contributed by atoms with Gasteiger partial charge in [-0.05, 0) is 18.8 Å². The smallest absolute Gasteiger partial charge is 0.140 e. The quantitative estimate of drug-likeness (QED) is 0.778. The number of hydrogen-bond donors (Lipinski definition) is 1. The molecule has 1 aliphatic heterocycles. The van der Waals surface area contributed by atoms with E-state index in [0.29, 0.717) is 5.92 Å². The lowest BCUT2D eigenvalue weighted by Crippen LogP contribution is -2.29. The van der Waals surface area contributed by atoms with Gasteiger partial charge in [0.1, 0.15) is 12.2 Å². The molecule has 1 atom stereocenters. The van der Waals surface area contributed by atoms with Crippen LogP contribution in [0.25, 0.3) is 0 Å². The standard InChI is InChI=1S/C10H18N4O/c1-14-10(12-8-13-14)6-11-5-9-3-2-4-15-7-9/h8-9,11H,2-7H2,1H3. The summed E-state index contributed by atoms with van der Waals surface area (Å²) in [7, 11) is 1.91. The normalized spacial score (nSPS) is 21.8. The Labute approximate surface area is 89.8 Å². The Balaban J connectivity index is 1.68. The fourth-order valence-corrected chi connectivity index (χ4v) is 1.84. The van der Waals surface area contributed by atoms with E-state index in [4.69, 9.17) is 4.74 Å². The summed E-state index contributed by atoms with van der Waals surface area (Å²) in [6.07, 6.45) is 4.04. The lowest BCUT2D eigenvalue weighted by Gasteiger charge is -2.22. The Morgan fingerprint density at radius 1 is 1.67 bits per heavy atom. The lowest BCUT2D eigenvalue weighted by molar-refractivity contribution is 0.0546. The van der Waals surface area contributed by atoms with Crippen molar-refractivity contribution in [3.05, 3.63) is 12.2 Å². The summed E-state index contributed by atoms with van der Waals surface area (Å²) < 4.78 is 7.22. The van der Waals surface area contributed by atoms with E-state index in [2.05, 4.69) is 15.4 Å². The Morgan fingerprint density at radius 3 is 3.27 bits per heavy atom. The highest BCUT2D eigenvalue weighted by molar-refractivity contribution is 4.82. The van der Waals surface area contributed by atoms with Crippen LogP contribution in [0, 0.1) is 5.92 Å². The Kier molecular flexibility index (Phi) is 3.69. The van der Waals surface area contributed by atoms with E-state index in [1.165, 1.54) is 12.8 Å². The van der Waals surface area contributed by atoms with Crippen molar-refractivity contribution in [3.8, 4) is 0 Å². The molecular formula is C10H18N4O. The molecule has 1 saturated heterocycles. The highest BCUT2D eigenvalue weighted by Crippen LogP contribution is 2.12. The first-order valence-electron chi connectivity index (χ1n) is 5.47. The summed E-state index contributed by atoms with van der Waals surface area (Å²) in [5.41, 5.74) is 0. The zero-order valence-corrected chi connectivity index (χ0v) is 9.15. The van der Waals surface area contributed by atoms with Crippen LogP contribution in [0.2, 0.25) is 0 Å². The number of nitrogens with one attached hydrogen (secondary N) is 1. The van der Waals surface area contributed by atoms with Gasteiger partial charge in [0.2, 0.25) is 0 Å². The fraction of sp³-hybridized carbons (Fsp3) is 0.800. The van der Waals surface area contributed by atoms with Crippen LogP contribution in [0.1, 0.15) is 18.7 Å². The maximum Gasteiger partial charge on any atom is 0.140 e. The van der Waals surface area contributed by atoms with Crippen LogP contribution in [0.5, 0.6) is 0 Å². The molecular weight excluding hydrogens is 192 g/mol. The predicted octanol–water partition coefficient (Wildman–Crippen LogP) is 0.331. The van der Waals surface area contributed by atoms with Crippen LogP contribution in [-0.4, -0.2) is 34.5 Å². The van der Waals surface area contributed by atoms with Crippen molar-refractivity contribution >= 4 is 0 Å². The summed E-state index contributed by atoms with van der Waals surface area (Å²) in [6, 6.07) is 0. The minimum Gasteiger partial charge on any atom is -0.381 e. The highest BCUT2D eigenvalue weighted by Gasteiger charge is 2.13. The average molecular weight is 210 g/mol. The monoisotopic (exact) mass is 210 g/mol. The lowest BCUT2D eigenvalue weighted by atomic mass is 10.0. The zero-order valence-electron chi connectivity index (χ0n) is 9.15. The SMILES string of the molecule is Cn1ncnc1CNCC1CCCOC1. The largest absolute Gasteiger partial charge is 0.381 e. The van der Waals surface area contributed by atoms with Gasteiger partial charge >= 0.3 is 0 Å². The molecule has 0 aromatic carbocycles. The molecule has 1 unspecified atom stereocenters. The maximum absolute atomic E-state index is 5.42. The topological polar surface area (TPSA) is 52.0 Å². The number of rotatable bonds is 4. The summed E-state index contributed by atoms with van der Waals surface area (Å²) in [6.45, 7) is 3.62. The van der Waals surface area contributed by atoms with E-state index >= 15 is 0 Å². The zero-order chi connectivity index (χ0) is 10.5. The Morgan fingerprint density at radius 2 is 2.60 bits per heavy atom. The van der Waals surface area contributed by atoms with E-state index < -0.39 is 0 Å². The molecule has 0 radical (unpaired) electrons. The van der Waals surface area contributed by atoms with Crippen molar-refractivity contribution in [2.24, 2.45) is 13.0 Å². The van der Waals surface area contributed by atoms with Gasteiger partial charge in [-0.25, -0.2) is 4.98 Å². The number of nitrogens with zero attached hydrogens (tertiary/aromatic N) is 3. The van der Waals surface area contributed by atoms with E-state index in [9.17, 15) is 0 Å². The summed E-state index contributed by atoms with van der Waals surface area (Å²) in [4.78, 5) is 4.16. The molecule has 2 rings (SSSR count). The van der Waals surface area contributed by atoms with Crippen LogP contribution in [0.4, 0.5) is 0 Å². The van der Waals surface area contributed by atoms with Gasteiger partial charge in [-0.1, -0.05) is 0 Å². The van der Waals surface area contributed by atoms with Gasteiger partial charge in [-0.15, -0.1) is 0 Å². The molecule has 1 aromatic rings. The minimum atomic E-state index is 0.659. The van der Waals surface area contributed by atoms with Crippen LogP contribution < -0.4 is 5.32 Å². The van der Waals surface area contributed by atoms with Crippen molar-refractivity contribution in [1.82, 2.24) is 20.1 Å². The number of aryl methyl sites for hydroxylation is 1. The van der Waals surface area contributed by atoms with E-state index in [0.717, 1.165) is 32.1 Å². The third-order valence-electron chi connectivity index (χ3n) is 2.78. The van der Waals surface area contributed by atoms with Gasteiger partial charge in [-0.3, -0.25) is 4.68 Å². The van der Waals surface area contributed by atoms with Crippen LogP contribution >= 0.6 is 0 Å². The molecule has 84 valence electrons. The molecule has 5 nitrogen and oxygen atoms in total. The molecule has 1 N–H and O–H groups in total. The molecule has 5 heteroatoms. The van der Waals surface area contributed by atoms with Crippen LogP contribution in [-0.2, 0) is 18.3 Å². The first-order valence-corrected chi connectivity index (χ1v) is 5.47. The molecule has 0 saturated carbocycles. The van der Waals surface area contributed by atoms with Crippen molar-refractivity contribution in [2.45, 2.75) is 19.4 Å². The Hall–Kier alpha value is -0.940. The summed E-state index contributed by atoms with van der Waals surface area (Å²) in [5, 5.41) is 7.42. The highest BCUT2D eigenvalue weighted by atomic mass is 16.5. The molecule has 1 fully saturated rings. The molecule has 0 amide bonds. The molecule has 1 aliphatic rings. The number of aromatic nitrogens is 3. The first-order chi connectivity index (χ1) is 7.36. The molecule has 1 aromatic heterocycles. The van der Waals surface area contributed by atoms with Crippen LogP contribution in [0.3, 0.4) is 0 Å². The summed E-state index contributed by atoms with van der Waals surface area (Å²) >= 11 is 0. The predicted molar refractivity (Wildman–Crippen MR) is 56.3 cm³/mol. The van der Waals surface area contributed by atoms with Crippen molar-refractivity contribution in [1.29, 1.82) is 0 Å². The summed E-state index contributed by atoms with van der Waals surface area (Å²) in [5.74, 6) is 1.64. The van der Waals surface area contributed by atoms with Crippen molar-refractivity contribution in [2.75, 3.05) is 19.8 Å². The number of ether oxygens (including phenoxy) is 1. The Bertz CT molecular complexity index is 293. The van der Waals surface area contributed by atoms with Gasteiger partial charge in [0, 0.05) is 20.2 Å².